The molecule has 2 aromatic carbocycles. The lowest BCUT2D eigenvalue weighted by Crippen LogP contribution is -2.30. The van der Waals surface area contributed by atoms with E-state index in [-0.39, 0.29) is 13.8 Å². The molecule has 0 bridgehead atoms. The molecule has 2 aliphatic carbocycles. The van der Waals surface area contributed by atoms with Gasteiger partial charge >= 0.3 is 0 Å². The first kappa shape index (κ1) is 25.7. The second kappa shape index (κ2) is 12.1. The lowest BCUT2D eigenvalue weighted by molar-refractivity contribution is 0.100. The van der Waals surface area contributed by atoms with Gasteiger partial charge in [0.1, 0.15) is 0 Å². The highest BCUT2D eigenvalue weighted by Crippen LogP contribution is 2.56. The molecule has 190 valence electrons. The summed E-state index contributed by atoms with van der Waals surface area (Å²) in [6.07, 6.45) is 16.6. The standard InChI is InChI=1S/C31H40N2OP2/c1-33-22-29(36(26-18-10-4-11-19-26)27-20-12-5-13-21-27)30(31(32)34)28(33)23-35(24-14-6-2-7-15-24)25-16-8-3-9-17-25/h2-3,6-9,14-17,22,26-27H,4-5,10-13,18-21,23H2,1H3,(H2,32,34). The number of carbonyl (C=O) groups excluding carboxylic acids is 1. The van der Waals surface area contributed by atoms with Crippen LogP contribution in [0.5, 0.6) is 0 Å². The Balaban J connectivity index is 1.57. The van der Waals surface area contributed by atoms with Gasteiger partial charge in [-0.25, -0.2) is 0 Å². The Morgan fingerprint density at radius 3 is 1.72 bits per heavy atom. The van der Waals surface area contributed by atoms with Crippen molar-refractivity contribution in [2.75, 3.05) is 0 Å². The maximum Gasteiger partial charge on any atom is 0.251 e. The molecule has 1 aromatic heterocycles. The van der Waals surface area contributed by atoms with Crippen LogP contribution < -0.4 is 21.6 Å². The average Bonchev–Trinajstić information content (AvgIpc) is 3.25. The molecule has 1 amide bonds. The zero-order valence-corrected chi connectivity index (χ0v) is 23.4. The highest BCUT2D eigenvalue weighted by molar-refractivity contribution is 7.72. The number of benzene rings is 2. The molecule has 1 heterocycles. The zero-order chi connectivity index (χ0) is 24.9. The van der Waals surface area contributed by atoms with Crippen molar-refractivity contribution >= 4 is 37.7 Å². The predicted molar refractivity (Wildman–Crippen MR) is 157 cm³/mol. The Morgan fingerprint density at radius 2 is 1.28 bits per heavy atom. The summed E-state index contributed by atoms with van der Waals surface area (Å²) in [5.41, 5.74) is 9.73. The van der Waals surface area contributed by atoms with Crippen LogP contribution in [0.3, 0.4) is 0 Å². The third-order valence-electron chi connectivity index (χ3n) is 8.19. The van der Waals surface area contributed by atoms with Crippen LogP contribution in [0.25, 0.3) is 0 Å². The summed E-state index contributed by atoms with van der Waals surface area (Å²) in [7, 11) is 1.11. The van der Waals surface area contributed by atoms with E-state index >= 15 is 0 Å². The molecule has 0 unspecified atom stereocenters. The Labute approximate surface area is 219 Å². The van der Waals surface area contributed by atoms with Crippen LogP contribution in [0.1, 0.15) is 80.3 Å². The topological polar surface area (TPSA) is 48.0 Å². The highest BCUT2D eigenvalue weighted by Gasteiger charge is 2.36. The van der Waals surface area contributed by atoms with Gasteiger partial charge in [0.15, 0.2) is 0 Å². The minimum Gasteiger partial charge on any atom is -0.366 e. The first-order valence-corrected chi connectivity index (χ1v) is 16.8. The number of hydrogen-bond donors (Lipinski definition) is 1. The molecule has 2 aliphatic rings. The monoisotopic (exact) mass is 518 g/mol. The lowest BCUT2D eigenvalue weighted by atomic mass is 9.99. The quantitative estimate of drug-likeness (QED) is 0.339. The van der Waals surface area contributed by atoms with Gasteiger partial charge in [-0.2, -0.15) is 0 Å². The van der Waals surface area contributed by atoms with Crippen molar-refractivity contribution in [2.45, 2.75) is 81.7 Å². The van der Waals surface area contributed by atoms with Crippen LogP contribution >= 0.6 is 15.8 Å². The maximum atomic E-state index is 13.2. The average molecular weight is 519 g/mol. The zero-order valence-electron chi connectivity index (χ0n) is 21.6. The van der Waals surface area contributed by atoms with Crippen LogP contribution in [0.15, 0.2) is 66.9 Å². The van der Waals surface area contributed by atoms with Gasteiger partial charge in [-0.15, -0.1) is 0 Å². The van der Waals surface area contributed by atoms with Gasteiger partial charge in [0.25, 0.3) is 5.91 Å². The van der Waals surface area contributed by atoms with Gasteiger partial charge < -0.3 is 10.3 Å². The summed E-state index contributed by atoms with van der Waals surface area (Å²) in [5, 5.41) is 4.02. The van der Waals surface area contributed by atoms with Crippen molar-refractivity contribution < 1.29 is 4.79 Å². The van der Waals surface area contributed by atoms with Crippen LogP contribution in [-0.2, 0) is 13.2 Å². The van der Waals surface area contributed by atoms with Crippen molar-refractivity contribution in [3.8, 4) is 0 Å². The number of nitrogens with two attached hydrogens (primary N) is 1. The first-order valence-electron chi connectivity index (χ1n) is 13.8. The van der Waals surface area contributed by atoms with Gasteiger partial charge in [0.2, 0.25) is 0 Å². The van der Waals surface area contributed by atoms with E-state index in [2.05, 4.69) is 78.5 Å². The second-order valence-electron chi connectivity index (χ2n) is 10.6. The third kappa shape index (κ3) is 5.64. The molecular weight excluding hydrogens is 478 g/mol. The number of aromatic nitrogens is 1. The van der Waals surface area contributed by atoms with Crippen molar-refractivity contribution in [3.05, 3.63) is 78.1 Å². The fourth-order valence-corrected chi connectivity index (χ4v) is 12.9. The fourth-order valence-electron chi connectivity index (χ4n) is 6.41. The van der Waals surface area contributed by atoms with Gasteiger partial charge in [0, 0.05) is 30.4 Å². The Hall–Kier alpha value is -1.95. The van der Waals surface area contributed by atoms with Crippen molar-refractivity contribution in [1.82, 2.24) is 4.57 Å². The molecule has 0 spiro atoms. The van der Waals surface area contributed by atoms with E-state index in [9.17, 15) is 4.79 Å². The molecule has 3 nitrogen and oxygen atoms in total. The van der Waals surface area contributed by atoms with Crippen LogP contribution in [0.2, 0.25) is 0 Å². The Kier molecular flexibility index (Phi) is 8.61. The lowest BCUT2D eigenvalue weighted by Gasteiger charge is -2.38. The normalized spacial score (nSPS) is 17.6. The number of amides is 1. The number of carbonyl (C=O) groups is 1. The van der Waals surface area contributed by atoms with E-state index < -0.39 is 7.92 Å². The molecule has 36 heavy (non-hydrogen) atoms. The maximum absolute atomic E-state index is 13.2. The molecule has 5 heteroatoms. The first-order chi connectivity index (χ1) is 17.6. The molecule has 0 aliphatic heterocycles. The van der Waals surface area contributed by atoms with E-state index in [4.69, 9.17) is 5.73 Å². The van der Waals surface area contributed by atoms with E-state index in [1.165, 1.54) is 80.1 Å². The van der Waals surface area contributed by atoms with Crippen LogP contribution in [-0.4, -0.2) is 21.8 Å². The molecule has 2 N–H and O–H groups in total. The molecule has 0 atom stereocenters. The molecule has 3 aromatic rings. The number of aryl methyl sites for hydroxylation is 1. The number of hydrogen-bond acceptors (Lipinski definition) is 1. The highest BCUT2D eigenvalue weighted by atomic mass is 31.1. The van der Waals surface area contributed by atoms with E-state index in [0.717, 1.165) is 28.7 Å². The summed E-state index contributed by atoms with van der Waals surface area (Å²) < 4.78 is 2.26. The predicted octanol–water partition coefficient (Wildman–Crippen LogP) is 6.53. The van der Waals surface area contributed by atoms with Gasteiger partial charge in [-0.3, -0.25) is 4.79 Å². The summed E-state index contributed by atoms with van der Waals surface area (Å²) in [5.74, 6) is -0.226. The van der Waals surface area contributed by atoms with Gasteiger partial charge in [-0.05, 0) is 55.5 Å². The SMILES string of the molecule is Cn1cc(P(C2CCCCC2)C2CCCCC2)c(C(N)=O)c1CP(c1ccccc1)c1ccccc1. The Bertz CT molecular complexity index is 1070. The minimum absolute atomic E-state index is 0.226. The van der Waals surface area contributed by atoms with E-state index in [0.29, 0.717) is 0 Å². The minimum atomic E-state index is -0.641. The summed E-state index contributed by atoms with van der Waals surface area (Å²) in [4.78, 5) is 13.2. The fraction of sp³-hybridized carbons (Fsp3) is 0.452. The Morgan fingerprint density at radius 1 is 0.806 bits per heavy atom. The smallest absolute Gasteiger partial charge is 0.251 e. The second-order valence-corrected chi connectivity index (χ2v) is 15.5. The van der Waals surface area contributed by atoms with Crippen molar-refractivity contribution in [1.29, 1.82) is 0 Å². The number of primary amides is 1. The molecule has 0 radical (unpaired) electrons. The molecule has 2 saturated carbocycles. The summed E-state index contributed by atoms with van der Waals surface area (Å²) in [6.45, 7) is 0. The van der Waals surface area contributed by atoms with Crippen molar-refractivity contribution in [3.63, 3.8) is 0 Å². The van der Waals surface area contributed by atoms with Crippen LogP contribution in [0, 0.1) is 0 Å². The largest absolute Gasteiger partial charge is 0.366 e. The number of rotatable bonds is 8. The van der Waals surface area contributed by atoms with Crippen molar-refractivity contribution in [2.24, 2.45) is 12.8 Å². The molecule has 0 saturated heterocycles. The van der Waals surface area contributed by atoms with E-state index in [1.807, 2.05) is 0 Å². The molecular formula is C31H40N2OP2. The molecule has 2 fully saturated rings. The summed E-state index contributed by atoms with van der Waals surface area (Å²) in [6, 6.07) is 21.6. The number of nitrogens with zero attached hydrogens (tertiary/aromatic N) is 1. The van der Waals surface area contributed by atoms with Gasteiger partial charge in [0.05, 0.1) is 5.56 Å². The third-order valence-corrected chi connectivity index (χ3v) is 14.2. The summed E-state index contributed by atoms with van der Waals surface area (Å²) >= 11 is 0. The van der Waals surface area contributed by atoms with Crippen LogP contribution in [0.4, 0.5) is 0 Å². The van der Waals surface area contributed by atoms with E-state index in [1.54, 1.807) is 0 Å². The van der Waals surface area contributed by atoms with Gasteiger partial charge in [-0.1, -0.05) is 107 Å². The molecule has 5 rings (SSSR count).